The van der Waals surface area contributed by atoms with Crippen LogP contribution in [0.4, 0.5) is 32.0 Å². The van der Waals surface area contributed by atoms with Crippen LogP contribution >= 0.6 is 11.6 Å². The lowest BCUT2D eigenvalue weighted by molar-refractivity contribution is -0.140. The van der Waals surface area contributed by atoms with E-state index in [-0.39, 0.29) is 12.1 Å². The molecule has 17 heavy (non-hydrogen) atoms. The summed E-state index contributed by atoms with van der Waals surface area (Å²) in [6.45, 7) is 0. The van der Waals surface area contributed by atoms with Crippen molar-refractivity contribution in [1.29, 1.82) is 0 Å². The molecule has 0 bridgehead atoms. The first kappa shape index (κ1) is 13.9. The topological polar surface area (TPSA) is 38.0 Å². The third-order valence-electron chi connectivity index (χ3n) is 1.87. The zero-order valence-electron chi connectivity index (χ0n) is 7.88. The van der Waals surface area contributed by atoms with Gasteiger partial charge < -0.3 is 5.43 Å². The second-order valence-corrected chi connectivity index (χ2v) is 3.42. The first-order chi connectivity index (χ1) is 7.57. The van der Waals surface area contributed by atoms with Crippen molar-refractivity contribution in [3.05, 3.63) is 28.3 Å². The largest absolute Gasteiger partial charge is 0.418 e. The van der Waals surface area contributed by atoms with Crippen LogP contribution in [-0.4, -0.2) is 0 Å². The summed E-state index contributed by atoms with van der Waals surface area (Å²) in [5, 5.41) is -1.04. The number of halogens is 7. The quantitative estimate of drug-likeness (QED) is 0.467. The molecular weight excluding hydrogens is 274 g/mol. The minimum atomic E-state index is -4.85. The van der Waals surface area contributed by atoms with Crippen molar-refractivity contribution in [2.24, 2.45) is 5.84 Å². The smallest absolute Gasteiger partial charge is 0.324 e. The summed E-state index contributed by atoms with van der Waals surface area (Å²) < 4.78 is 74.3. The Kier molecular flexibility index (Phi) is 3.49. The van der Waals surface area contributed by atoms with E-state index in [1.165, 1.54) is 0 Å². The lowest BCUT2D eigenvalue weighted by Gasteiger charge is -2.16. The van der Waals surface area contributed by atoms with E-state index in [1.807, 2.05) is 0 Å². The van der Waals surface area contributed by atoms with E-state index in [0.717, 1.165) is 0 Å². The van der Waals surface area contributed by atoms with Gasteiger partial charge in [0, 0.05) is 0 Å². The number of rotatable bonds is 1. The molecule has 0 atom stereocenters. The number of alkyl halides is 6. The van der Waals surface area contributed by atoms with Crippen LogP contribution in [0.1, 0.15) is 11.1 Å². The molecular formula is C8H5ClF6N2. The van der Waals surface area contributed by atoms with Crippen molar-refractivity contribution in [3.8, 4) is 0 Å². The third-order valence-corrected chi connectivity index (χ3v) is 2.19. The SMILES string of the molecule is NNc1cc(C(F)(F)F)c(Cl)cc1C(F)(F)F. The molecule has 1 rings (SSSR count). The fourth-order valence-corrected chi connectivity index (χ4v) is 1.42. The Bertz CT molecular complexity index is 425. The fraction of sp³-hybridized carbons (Fsp3) is 0.250. The molecule has 0 amide bonds. The predicted octanol–water partition coefficient (Wildman–Crippen LogP) is 3.66. The molecule has 0 aliphatic rings. The van der Waals surface area contributed by atoms with E-state index in [1.54, 1.807) is 5.43 Å². The van der Waals surface area contributed by atoms with E-state index < -0.39 is 34.2 Å². The molecule has 3 N–H and O–H groups in total. The van der Waals surface area contributed by atoms with Gasteiger partial charge in [0.15, 0.2) is 0 Å². The molecule has 0 radical (unpaired) electrons. The number of anilines is 1. The Balaban J connectivity index is 3.46. The Hall–Kier alpha value is -1.15. The molecule has 9 heteroatoms. The normalized spacial score (nSPS) is 12.7. The lowest BCUT2D eigenvalue weighted by Crippen LogP contribution is -2.17. The van der Waals surface area contributed by atoms with Crippen molar-refractivity contribution < 1.29 is 26.3 Å². The van der Waals surface area contributed by atoms with E-state index in [2.05, 4.69) is 0 Å². The number of benzene rings is 1. The van der Waals surface area contributed by atoms with Crippen LogP contribution in [0.15, 0.2) is 12.1 Å². The molecule has 0 fully saturated rings. The Morgan fingerprint density at radius 1 is 0.941 bits per heavy atom. The maximum absolute atomic E-state index is 12.4. The van der Waals surface area contributed by atoms with Crippen LogP contribution < -0.4 is 11.3 Å². The van der Waals surface area contributed by atoms with Crippen LogP contribution in [0.5, 0.6) is 0 Å². The van der Waals surface area contributed by atoms with Crippen molar-refractivity contribution in [1.82, 2.24) is 0 Å². The molecule has 1 aromatic rings. The fourth-order valence-electron chi connectivity index (χ4n) is 1.14. The third kappa shape index (κ3) is 2.95. The Labute approximate surface area is 96.3 Å². The van der Waals surface area contributed by atoms with Gasteiger partial charge in [-0.15, -0.1) is 0 Å². The summed E-state index contributed by atoms with van der Waals surface area (Å²) in [5.74, 6) is 4.75. The molecule has 96 valence electrons. The molecule has 0 heterocycles. The van der Waals surface area contributed by atoms with Gasteiger partial charge in [-0.05, 0) is 12.1 Å². The van der Waals surface area contributed by atoms with Crippen LogP contribution in [0, 0.1) is 0 Å². The highest BCUT2D eigenvalue weighted by Crippen LogP contribution is 2.42. The summed E-state index contributed by atoms with van der Waals surface area (Å²) in [6.07, 6.45) is -9.71. The summed E-state index contributed by atoms with van der Waals surface area (Å²) in [4.78, 5) is 0. The standard InChI is InChI=1S/C8H5ClF6N2/c9-5-1-4(8(13,14)15)6(17-16)2-3(5)7(10,11)12/h1-2,17H,16H2. The van der Waals surface area contributed by atoms with Crippen LogP contribution in [0.3, 0.4) is 0 Å². The van der Waals surface area contributed by atoms with Gasteiger partial charge in [-0.1, -0.05) is 11.6 Å². The number of nitrogens with two attached hydrogens (primary N) is 1. The van der Waals surface area contributed by atoms with Gasteiger partial charge in [-0.25, -0.2) is 0 Å². The van der Waals surface area contributed by atoms with Crippen molar-refractivity contribution >= 4 is 17.3 Å². The second kappa shape index (κ2) is 4.26. The summed E-state index contributed by atoms with van der Waals surface area (Å²) in [6, 6.07) is 0.394. The number of hydrogen-bond donors (Lipinski definition) is 2. The average molecular weight is 279 g/mol. The highest BCUT2D eigenvalue weighted by Gasteiger charge is 2.39. The van der Waals surface area contributed by atoms with Gasteiger partial charge in [-0.3, -0.25) is 5.84 Å². The zero-order valence-corrected chi connectivity index (χ0v) is 8.63. The second-order valence-electron chi connectivity index (χ2n) is 3.02. The maximum Gasteiger partial charge on any atom is 0.418 e. The van der Waals surface area contributed by atoms with E-state index >= 15 is 0 Å². The molecule has 0 unspecified atom stereocenters. The minimum Gasteiger partial charge on any atom is -0.324 e. The summed E-state index contributed by atoms with van der Waals surface area (Å²) >= 11 is 5.16. The van der Waals surface area contributed by atoms with Crippen LogP contribution in [0.2, 0.25) is 5.02 Å². The van der Waals surface area contributed by atoms with E-state index in [4.69, 9.17) is 17.4 Å². The van der Waals surface area contributed by atoms with Gasteiger partial charge in [-0.2, -0.15) is 26.3 Å². The van der Waals surface area contributed by atoms with Crippen molar-refractivity contribution in [2.45, 2.75) is 12.4 Å². The molecule has 0 spiro atoms. The van der Waals surface area contributed by atoms with Gasteiger partial charge in [0.05, 0.1) is 21.8 Å². The average Bonchev–Trinajstić information content (AvgIpc) is 2.14. The molecule has 0 saturated carbocycles. The zero-order chi connectivity index (χ0) is 13.4. The minimum absolute atomic E-state index is 0.180. The van der Waals surface area contributed by atoms with Gasteiger partial charge in [0.1, 0.15) is 0 Å². The molecule has 0 aromatic heterocycles. The molecule has 0 saturated heterocycles. The van der Waals surface area contributed by atoms with Crippen LogP contribution in [0.25, 0.3) is 0 Å². The molecule has 1 aromatic carbocycles. The number of hydrazine groups is 1. The Morgan fingerprint density at radius 2 is 1.41 bits per heavy atom. The Morgan fingerprint density at radius 3 is 1.76 bits per heavy atom. The van der Waals surface area contributed by atoms with Gasteiger partial charge in [0.2, 0.25) is 0 Å². The maximum atomic E-state index is 12.4. The van der Waals surface area contributed by atoms with Crippen LogP contribution in [-0.2, 0) is 12.4 Å². The van der Waals surface area contributed by atoms with Crippen molar-refractivity contribution in [3.63, 3.8) is 0 Å². The molecule has 2 nitrogen and oxygen atoms in total. The van der Waals surface area contributed by atoms with E-state index in [9.17, 15) is 26.3 Å². The number of hydrogen-bond acceptors (Lipinski definition) is 2. The first-order valence-electron chi connectivity index (χ1n) is 4.02. The summed E-state index contributed by atoms with van der Waals surface area (Å²) in [7, 11) is 0. The lowest BCUT2D eigenvalue weighted by atomic mass is 10.1. The van der Waals surface area contributed by atoms with E-state index in [0.29, 0.717) is 0 Å². The molecule has 0 aliphatic carbocycles. The van der Waals surface area contributed by atoms with Gasteiger partial charge in [0.25, 0.3) is 0 Å². The predicted molar refractivity (Wildman–Crippen MR) is 49.3 cm³/mol. The monoisotopic (exact) mass is 278 g/mol. The van der Waals surface area contributed by atoms with Gasteiger partial charge >= 0.3 is 12.4 Å². The molecule has 0 aliphatic heterocycles. The highest BCUT2D eigenvalue weighted by atomic mass is 35.5. The number of nitrogen functional groups attached to an aromatic ring is 1. The van der Waals surface area contributed by atoms with Crippen molar-refractivity contribution in [2.75, 3.05) is 5.43 Å². The first-order valence-corrected chi connectivity index (χ1v) is 4.39. The summed E-state index contributed by atoms with van der Waals surface area (Å²) in [5.41, 5.74) is -2.08. The number of nitrogens with one attached hydrogen (secondary N) is 1. The highest BCUT2D eigenvalue weighted by molar-refractivity contribution is 6.31.